The molecule has 1 N–H and O–H groups in total. The van der Waals surface area contributed by atoms with Gasteiger partial charge in [-0.25, -0.2) is 4.79 Å². The van der Waals surface area contributed by atoms with Crippen molar-refractivity contribution in [2.45, 2.75) is 44.7 Å². The molecule has 1 heterocycles. The Morgan fingerprint density at radius 2 is 1.83 bits per heavy atom. The number of hydrogen-bond acceptors (Lipinski definition) is 2. The van der Waals surface area contributed by atoms with Crippen LogP contribution in [0.1, 0.15) is 48.0 Å². The molecule has 3 rings (SSSR count). The fourth-order valence-corrected chi connectivity index (χ4v) is 4.01. The van der Waals surface area contributed by atoms with Crippen LogP contribution in [0, 0.1) is 5.92 Å². The highest BCUT2D eigenvalue weighted by Gasteiger charge is 2.37. The average Bonchev–Trinajstić information content (AvgIpc) is 3.08. The molecule has 0 radical (unpaired) electrons. The van der Waals surface area contributed by atoms with Gasteiger partial charge in [0.15, 0.2) is 0 Å². The molecule has 0 aromatic heterocycles. The zero-order chi connectivity index (χ0) is 17.1. The van der Waals surface area contributed by atoms with Gasteiger partial charge in [0.2, 0.25) is 0 Å². The molecule has 2 fully saturated rings. The predicted molar refractivity (Wildman–Crippen MR) is 93.8 cm³/mol. The van der Waals surface area contributed by atoms with Crippen LogP contribution >= 0.6 is 0 Å². The van der Waals surface area contributed by atoms with Crippen LogP contribution in [0.15, 0.2) is 24.3 Å². The summed E-state index contributed by atoms with van der Waals surface area (Å²) in [6.45, 7) is 1.38. The second kappa shape index (κ2) is 7.24. The van der Waals surface area contributed by atoms with E-state index in [4.69, 9.17) is 0 Å². The van der Waals surface area contributed by atoms with Crippen LogP contribution in [0.4, 0.5) is 4.79 Å². The molecule has 0 unspecified atom stereocenters. The Hall–Kier alpha value is -2.04. The quantitative estimate of drug-likeness (QED) is 0.927. The Morgan fingerprint density at radius 1 is 1.12 bits per heavy atom. The normalized spacial score (nSPS) is 22.8. The van der Waals surface area contributed by atoms with Crippen molar-refractivity contribution in [3.8, 4) is 0 Å². The van der Waals surface area contributed by atoms with Crippen molar-refractivity contribution in [3.63, 3.8) is 0 Å². The Balaban J connectivity index is 1.55. The molecular formula is C19H27N3O2. The number of benzene rings is 1. The van der Waals surface area contributed by atoms with Gasteiger partial charge in [0.25, 0.3) is 5.91 Å². The summed E-state index contributed by atoms with van der Waals surface area (Å²) in [5, 5.41) is 3.04. The number of piperidine rings is 1. The molecule has 130 valence electrons. The number of hydrogen-bond donors (Lipinski definition) is 1. The molecule has 0 spiro atoms. The molecule has 1 aliphatic heterocycles. The number of carbonyl (C=O) groups is 2. The molecule has 5 heteroatoms. The first-order valence-corrected chi connectivity index (χ1v) is 8.91. The number of urea groups is 1. The summed E-state index contributed by atoms with van der Waals surface area (Å²) in [6, 6.07) is 7.95. The molecule has 24 heavy (non-hydrogen) atoms. The Labute approximate surface area is 144 Å². The van der Waals surface area contributed by atoms with Crippen molar-refractivity contribution in [3.05, 3.63) is 35.4 Å². The topological polar surface area (TPSA) is 52.7 Å². The van der Waals surface area contributed by atoms with Crippen molar-refractivity contribution in [1.82, 2.24) is 15.1 Å². The predicted octanol–water partition coefficient (Wildman–Crippen LogP) is 2.86. The summed E-state index contributed by atoms with van der Waals surface area (Å²) < 4.78 is 0. The van der Waals surface area contributed by atoms with Crippen LogP contribution in [0.3, 0.4) is 0 Å². The average molecular weight is 329 g/mol. The lowest BCUT2D eigenvalue weighted by Crippen LogP contribution is -2.50. The van der Waals surface area contributed by atoms with Crippen LogP contribution < -0.4 is 5.32 Å². The first-order valence-electron chi connectivity index (χ1n) is 8.91. The van der Waals surface area contributed by atoms with Crippen molar-refractivity contribution in [2.24, 2.45) is 5.92 Å². The maximum absolute atomic E-state index is 12.5. The highest BCUT2D eigenvalue weighted by Crippen LogP contribution is 2.36. The molecular weight excluding hydrogens is 302 g/mol. The number of rotatable bonds is 3. The van der Waals surface area contributed by atoms with Gasteiger partial charge >= 0.3 is 6.03 Å². The van der Waals surface area contributed by atoms with Crippen LogP contribution in [-0.4, -0.2) is 48.4 Å². The molecule has 1 saturated carbocycles. The molecule has 1 aromatic carbocycles. The van der Waals surface area contributed by atoms with Crippen molar-refractivity contribution >= 4 is 11.9 Å². The summed E-state index contributed by atoms with van der Waals surface area (Å²) >= 11 is 0. The first kappa shape index (κ1) is 16.8. The van der Waals surface area contributed by atoms with Gasteiger partial charge in [-0.15, -0.1) is 0 Å². The third kappa shape index (κ3) is 3.55. The summed E-state index contributed by atoms with van der Waals surface area (Å²) in [7, 11) is 3.48. The number of amides is 3. The molecule has 1 saturated heterocycles. The molecule has 0 bridgehead atoms. The van der Waals surface area contributed by atoms with Crippen LogP contribution in [0.2, 0.25) is 0 Å². The number of carbonyl (C=O) groups excluding carboxylic acids is 2. The monoisotopic (exact) mass is 329 g/mol. The molecule has 3 amide bonds. The van der Waals surface area contributed by atoms with Crippen LogP contribution in [0.5, 0.6) is 0 Å². The van der Waals surface area contributed by atoms with E-state index in [9.17, 15) is 9.59 Å². The number of nitrogens with one attached hydrogen (secondary N) is 1. The molecule has 1 aliphatic carbocycles. The minimum Gasteiger partial charge on any atom is -0.345 e. The number of likely N-dealkylation sites (tertiary alicyclic amines) is 1. The van der Waals surface area contributed by atoms with Gasteiger partial charge in [-0.05, 0) is 49.3 Å². The SMILES string of the molecule is CN(C)C(=O)c1ccc(CNC(=O)N2CCC[C@H]3CCC[C@H]32)cc1. The number of nitrogens with zero attached hydrogens (tertiary/aromatic N) is 2. The van der Waals surface area contributed by atoms with Crippen molar-refractivity contribution < 1.29 is 9.59 Å². The highest BCUT2D eigenvalue weighted by atomic mass is 16.2. The Kier molecular flexibility index (Phi) is 5.07. The van der Waals surface area contributed by atoms with Gasteiger partial charge in [-0.2, -0.15) is 0 Å². The van der Waals surface area contributed by atoms with E-state index in [2.05, 4.69) is 5.32 Å². The molecule has 2 atom stereocenters. The maximum Gasteiger partial charge on any atom is 0.317 e. The Bertz CT molecular complexity index is 597. The molecule has 2 aliphatic rings. The van der Waals surface area contributed by atoms with Gasteiger partial charge in [-0.1, -0.05) is 18.6 Å². The summed E-state index contributed by atoms with van der Waals surface area (Å²) in [5.41, 5.74) is 1.68. The lowest BCUT2D eigenvalue weighted by molar-refractivity contribution is 0.0827. The zero-order valence-electron chi connectivity index (χ0n) is 14.6. The van der Waals surface area contributed by atoms with E-state index in [0.29, 0.717) is 24.1 Å². The maximum atomic E-state index is 12.5. The van der Waals surface area contributed by atoms with Gasteiger partial charge in [0.1, 0.15) is 0 Å². The summed E-state index contributed by atoms with van der Waals surface area (Å²) in [5.74, 6) is 0.701. The molecule has 1 aromatic rings. The standard InChI is InChI=1S/C19H27N3O2/c1-21(2)18(23)16-10-8-14(9-11-16)13-20-19(24)22-12-4-6-15-5-3-7-17(15)22/h8-11,15,17H,3-7,12-13H2,1-2H3,(H,20,24)/t15-,17-/m1/s1. The minimum absolute atomic E-state index is 0.00817. The van der Waals surface area contributed by atoms with E-state index in [-0.39, 0.29) is 11.9 Å². The van der Waals surface area contributed by atoms with E-state index in [0.717, 1.165) is 24.9 Å². The second-order valence-electron chi connectivity index (χ2n) is 7.15. The van der Waals surface area contributed by atoms with Gasteiger partial charge in [-0.3, -0.25) is 4.79 Å². The summed E-state index contributed by atoms with van der Waals surface area (Å²) in [6.07, 6.45) is 6.07. The fourth-order valence-electron chi connectivity index (χ4n) is 4.01. The smallest absolute Gasteiger partial charge is 0.317 e. The van der Waals surface area contributed by atoms with E-state index in [1.807, 2.05) is 29.2 Å². The minimum atomic E-state index is -0.00817. The van der Waals surface area contributed by atoms with E-state index >= 15 is 0 Å². The van der Waals surface area contributed by atoms with Crippen molar-refractivity contribution in [1.29, 1.82) is 0 Å². The third-order valence-electron chi connectivity index (χ3n) is 5.30. The van der Waals surface area contributed by atoms with E-state index in [1.165, 1.54) is 19.3 Å². The van der Waals surface area contributed by atoms with Crippen LogP contribution in [-0.2, 0) is 6.54 Å². The van der Waals surface area contributed by atoms with Gasteiger partial charge < -0.3 is 15.1 Å². The third-order valence-corrected chi connectivity index (χ3v) is 5.30. The van der Waals surface area contributed by atoms with Gasteiger partial charge in [0.05, 0.1) is 0 Å². The van der Waals surface area contributed by atoms with Crippen LogP contribution in [0.25, 0.3) is 0 Å². The number of fused-ring (bicyclic) bond motifs is 1. The lowest BCUT2D eigenvalue weighted by atomic mass is 9.92. The van der Waals surface area contributed by atoms with Gasteiger partial charge in [0, 0.05) is 38.8 Å². The van der Waals surface area contributed by atoms with Crippen molar-refractivity contribution in [2.75, 3.05) is 20.6 Å². The molecule has 5 nitrogen and oxygen atoms in total. The van der Waals surface area contributed by atoms with E-state index in [1.54, 1.807) is 19.0 Å². The van der Waals surface area contributed by atoms with E-state index < -0.39 is 0 Å². The summed E-state index contributed by atoms with van der Waals surface area (Å²) in [4.78, 5) is 28.0. The first-order chi connectivity index (χ1) is 11.6. The zero-order valence-corrected chi connectivity index (χ0v) is 14.6. The Morgan fingerprint density at radius 3 is 2.54 bits per heavy atom. The lowest BCUT2D eigenvalue weighted by Gasteiger charge is -2.37. The fraction of sp³-hybridized carbons (Fsp3) is 0.579. The largest absolute Gasteiger partial charge is 0.345 e. The second-order valence-corrected chi connectivity index (χ2v) is 7.15. The highest BCUT2D eigenvalue weighted by molar-refractivity contribution is 5.93.